The van der Waals surface area contributed by atoms with Gasteiger partial charge in [0.15, 0.2) is 5.78 Å². The third-order valence-corrected chi connectivity index (χ3v) is 4.76. The summed E-state index contributed by atoms with van der Waals surface area (Å²) >= 11 is 6.45. The summed E-state index contributed by atoms with van der Waals surface area (Å²) in [7, 11) is 0. The first kappa shape index (κ1) is 17.3. The number of allylic oxidation sites excluding steroid dienone is 4. The van der Waals surface area contributed by atoms with Gasteiger partial charge in [-0.2, -0.15) is 5.26 Å². The van der Waals surface area contributed by atoms with Crippen LogP contribution in [0.3, 0.4) is 0 Å². The second-order valence-electron chi connectivity index (χ2n) is 6.24. The Labute approximate surface area is 142 Å². The van der Waals surface area contributed by atoms with E-state index in [0.29, 0.717) is 10.6 Å². The van der Waals surface area contributed by atoms with Gasteiger partial charge in [0.1, 0.15) is 6.07 Å². The van der Waals surface area contributed by atoms with Crippen molar-refractivity contribution in [1.29, 1.82) is 5.26 Å². The zero-order valence-electron chi connectivity index (χ0n) is 14.1. The molecule has 120 valence electrons. The summed E-state index contributed by atoms with van der Waals surface area (Å²) in [5, 5.41) is 13.0. The minimum atomic E-state index is -0.216. The highest BCUT2D eigenvalue weighted by Gasteiger charge is 2.33. The maximum absolute atomic E-state index is 12.8. The molecule has 0 radical (unpaired) electrons. The molecule has 3 nitrogen and oxygen atoms in total. The minimum absolute atomic E-state index is 0.102. The van der Waals surface area contributed by atoms with Crippen molar-refractivity contribution in [3.05, 3.63) is 56.9 Å². The van der Waals surface area contributed by atoms with Crippen LogP contribution in [0.4, 0.5) is 0 Å². The summed E-state index contributed by atoms with van der Waals surface area (Å²) in [4.78, 5) is 12.8. The van der Waals surface area contributed by atoms with Crippen LogP contribution in [0.1, 0.15) is 51.7 Å². The first-order valence-corrected chi connectivity index (χ1v) is 8.05. The van der Waals surface area contributed by atoms with Gasteiger partial charge < -0.3 is 5.32 Å². The highest BCUT2D eigenvalue weighted by atomic mass is 35.5. The molecule has 1 N–H and O–H groups in total. The number of benzene rings is 1. The lowest BCUT2D eigenvalue weighted by Crippen LogP contribution is -2.29. The molecule has 0 amide bonds. The third kappa shape index (κ3) is 3.04. The van der Waals surface area contributed by atoms with Gasteiger partial charge in [0, 0.05) is 28.8 Å². The first-order chi connectivity index (χ1) is 10.8. The van der Waals surface area contributed by atoms with E-state index in [0.717, 1.165) is 28.1 Å². The monoisotopic (exact) mass is 328 g/mol. The maximum atomic E-state index is 12.8. The zero-order chi connectivity index (χ0) is 17.3. The SMILES string of the molecule is CC1=C(C)[C@@H](c2cccc(C#N)c2Cl)C(C(=O)C(C)C)=C(C)N1. The Balaban J connectivity index is 2.71. The van der Waals surface area contributed by atoms with Crippen LogP contribution in [0, 0.1) is 17.2 Å². The molecule has 2 rings (SSSR count). The maximum Gasteiger partial charge on any atom is 0.164 e. The highest BCUT2D eigenvalue weighted by molar-refractivity contribution is 6.32. The summed E-state index contributed by atoms with van der Waals surface area (Å²) < 4.78 is 0. The molecule has 1 heterocycles. The third-order valence-electron chi connectivity index (χ3n) is 4.34. The standard InChI is InChI=1S/C19H21ClN2O/c1-10(2)19(23)17-13(5)22-12(4)11(3)16(17)15-8-6-7-14(9-21)18(15)20/h6-8,10,16,22H,1-5H3/t16-/m0/s1. The number of hydrogen-bond acceptors (Lipinski definition) is 3. The van der Waals surface area contributed by atoms with Crippen LogP contribution in [0.5, 0.6) is 0 Å². The van der Waals surface area contributed by atoms with Gasteiger partial charge in [-0.1, -0.05) is 37.6 Å². The quantitative estimate of drug-likeness (QED) is 0.875. The van der Waals surface area contributed by atoms with Crippen molar-refractivity contribution in [2.24, 2.45) is 5.92 Å². The average molecular weight is 329 g/mol. The Morgan fingerprint density at radius 1 is 1.26 bits per heavy atom. The Hall–Kier alpha value is -2.05. The fourth-order valence-electron chi connectivity index (χ4n) is 2.98. The van der Waals surface area contributed by atoms with E-state index in [1.165, 1.54) is 0 Å². The van der Waals surface area contributed by atoms with E-state index < -0.39 is 0 Å². The summed E-state index contributed by atoms with van der Waals surface area (Å²) in [6.45, 7) is 9.70. The lowest BCUT2D eigenvalue weighted by Gasteiger charge is -2.32. The Morgan fingerprint density at radius 3 is 2.48 bits per heavy atom. The van der Waals surface area contributed by atoms with Crippen LogP contribution in [0.25, 0.3) is 0 Å². The summed E-state index contributed by atoms with van der Waals surface area (Å²) in [6, 6.07) is 7.52. The minimum Gasteiger partial charge on any atom is -0.362 e. The molecule has 0 aliphatic carbocycles. The molecule has 1 aromatic rings. The second kappa shape index (κ2) is 6.60. The molecule has 0 aromatic heterocycles. The fraction of sp³-hybridized carbons (Fsp3) is 0.368. The van der Waals surface area contributed by atoms with Crippen LogP contribution >= 0.6 is 11.6 Å². The fourth-order valence-corrected chi connectivity index (χ4v) is 3.26. The van der Waals surface area contributed by atoms with Gasteiger partial charge in [-0.25, -0.2) is 0 Å². The number of dihydropyridines is 1. The zero-order valence-corrected chi connectivity index (χ0v) is 14.9. The lowest BCUT2D eigenvalue weighted by atomic mass is 9.77. The smallest absolute Gasteiger partial charge is 0.164 e. The Bertz CT molecular complexity index is 766. The lowest BCUT2D eigenvalue weighted by molar-refractivity contribution is -0.118. The van der Waals surface area contributed by atoms with Gasteiger partial charge in [0.2, 0.25) is 0 Å². The number of Topliss-reactive ketones (excluding diaryl/α,β-unsaturated/α-hetero) is 1. The first-order valence-electron chi connectivity index (χ1n) is 7.67. The van der Waals surface area contributed by atoms with E-state index in [1.807, 2.05) is 46.8 Å². The number of nitrogens with zero attached hydrogens (tertiary/aromatic N) is 1. The van der Waals surface area contributed by atoms with E-state index in [9.17, 15) is 10.1 Å². The number of carbonyl (C=O) groups excluding carboxylic acids is 1. The van der Waals surface area contributed by atoms with Crippen molar-refractivity contribution >= 4 is 17.4 Å². The molecular formula is C19H21ClN2O. The molecule has 0 unspecified atom stereocenters. The average Bonchev–Trinajstić information content (AvgIpc) is 2.50. The topological polar surface area (TPSA) is 52.9 Å². The summed E-state index contributed by atoms with van der Waals surface area (Å²) in [6.07, 6.45) is 0. The number of rotatable bonds is 3. The number of halogens is 1. The molecule has 4 heteroatoms. The van der Waals surface area contributed by atoms with Gasteiger partial charge in [0.05, 0.1) is 10.6 Å². The van der Waals surface area contributed by atoms with E-state index in [4.69, 9.17) is 11.6 Å². The second-order valence-corrected chi connectivity index (χ2v) is 6.62. The van der Waals surface area contributed by atoms with E-state index in [-0.39, 0.29) is 17.6 Å². The molecule has 0 bridgehead atoms. The van der Waals surface area contributed by atoms with Gasteiger partial charge in [0.25, 0.3) is 0 Å². The molecule has 23 heavy (non-hydrogen) atoms. The normalized spacial score (nSPS) is 18.1. The van der Waals surface area contributed by atoms with Gasteiger partial charge in [-0.05, 0) is 38.0 Å². The van der Waals surface area contributed by atoms with Crippen LogP contribution in [0.2, 0.25) is 5.02 Å². The molecule has 1 aromatic carbocycles. The van der Waals surface area contributed by atoms with Gasteiger partial charge >= 0.3 is 0 Å². The van der Waals surface area contributed by atoms with Gasteiger partial charge in [-0.15, -0.1) is 0 Å². The van der Waals surface area contributed by atoms with E-state index >= 15 is 0 Å². The van der Waals surface area contributed by atoms with Crippen LogP contribution in [-0.4, -0.2) is 5.78 Å². The van der Waals surface area contributed by atoms with Crippen molar-refractivity contribution in [2.45, 2.75) is 40.5 Å². The Kier molecular flexibility index (Phi) is 4.97. The number of ketones is 1. The van der Waals surface area contributed by atoms with Crippen molar-refractivity contribution in [3.8, 4) is 6.07 Å². The van der Waals surface area contributed by atoms with E-state index in [1.54, 1.807) is 6.07 Å². The molecule has 0 saturated heterocycles. The highest BCUT2D eigenvalue weighted by Crippen LogP contribution is 2.42. The molecule has 0 fully saturated rings. The van der Waals surface area contributed by atoms with Crippen molar-refractivity contribution in [1.82, 2.24) is 5.32 Å². The molecular weight excluding hydrogens is 308 g/mol. The van der Waals surface area contributed by atoms with Crippen LogP contribution in [0.15, 0.2) is 40.7 Å². The molecule has 1 aliphatic rings. The van der Waals surface area contributed by atoms with Gasteiger partial charge in [-0.3, -0.25) is 4.79 Å². The predicted molar refractivity (Wildman–Crippen MR) is 93.0 cm³/mol. The van der Waals surface area contributed by atoms with E-state index in [2.05, 4.69) is 11.4 Å². The van der Waals surface area contributed by atoms with Crippen molar-refractivity contribution in [3.63, 3.8) is 0 Å². The molecule has 1 atom stereocenters. The number of hydrogen-bond donors (Lipinski definition) is 1. The van der Waals surface area contributed by atoms with Crippen molar-refractivity contribution < 1.29 is 4.79 Å². The molecule has 0 saturated carbocycles. The number of carbonyl (C=O) groups is 1. The summed E-state index contributed by atoms with van der Waals surface area (Å²) in [5.74, 6) is -0.217. The Morgan fingerprint density at radius 2 is 1.91 bits per heavy atom. The molecule has 0 spiro atoms. The van der Waals surface area contributed by atoms with Crippen LogP contribution < -0.4 is 5.32 Å². The summed E-state index contributed by atoms with van der Waals surface area (Å²) in [5.41, 5.74) is 4.91. The van der Waals surface area contributed by atoms with Crippen molar-refractivity contribution in [2.75, 3.05) is 0 Å². The predicted octanol–water partition coefficient (Wildman–Crippen LogP) is 4.69. The largest absolute Gasteiger partial charge is 0.362 e. The number of nitriles is 1. The van der Waals surface area contributed by atoms with Crippen LogP contribution in [-0.2, 0) is 4.79 Å². The molecule has 1 aliphatic heterocycles. The number of nitrogens with one attached hydrogen (secondary N) is 1.